The van der Waals surface area contributed by atoms with E-state index in [4.69, 9.17) is 12.2 Å². The molecule has 0 radical (unpaired) electrons. The van der Waals surface area contributed by atoms with Gasteiger partial charge in [-0.3, -0.25) is 0 Å². The largest absolute Gasteiger partial charge is 0.349 e. The van der Waals surface area contributed by atoms with Crippen LogP contribution < -0.4 is 15.9 Å². The fourth-order valence-corrected chi connectivity index (χ4v) is 7.30. The summed E-state index contributed by atoms with van der Waals surface area (Å²) in [6.07, 6.45) is 0. The molecule has 0 aliphatic carbocycles. The standard InChI is InChI=1S/C24H26N3OPS/c1-19(26-27(2)3)23(24(30)25-20-13-7-4-8-14-20)29(28,21-15-9-5-10-16-21)22-17-11-6-12-18-22/h4-18,23H,1-3H3,(H,25,30)/b26-19+. The van der Waals surface area contributed by atoms with Gasteiger partial charge in [-0.15, -0.1) is 0 Å². The predicted octanol–water partition coefficient (Wildman–Crippen LogP) is 4.75. The van der Waals surface area contributed by atoms with E-state index in [2.05, 4.69) is 10.4 Å². The molecule has 0 aliphatic heterocycles. The fourth-order valence-electron chi connectivity index (χ4n) is 3.47. The molecule has 0 bridgehead atoms. The average molecular weight is 436 g/mol. The molecule has 0 aliphatic rings. The first-order chi connectivity index (χ1) is 14.4. The van der Waals surface area contributed by atoms with Gasteiger partial charge in [-0.25, -0.2) is 0 Å². The topological polar surface area (TPSA) is 44.7 Å². The van der Waals surface area contributed by atoms with Gasteiger partial charge < -0.3 is 14.9 Å². The number of nitrogens with one attached hydrogen (secondary N) is 1. The van der Waals surface area contributed by atoms with E-state index in [1.165, 1.54) is 0 Å². The van der Waals surface area contributed by atoms with E-state index in [-0.39, 0.29) is 0 Å². The molecule has 154 valence electrons. The summed E-state index contributed by atoms with van der Waals surface area (Å²) >= 11 is 5.85. The summed E-state index contributed by atoms with van der Waals surface area (Å²) in [5, 5.41) is 11.1. The third-order valence-corrected chi connectivity index (χ3v) is 8.69. The average Bonchev–Trinajstić information content (AvgIpc) is 2.75. The molecule has 3 aromatic carbocycles. The van der Waals surface area contributed by atoms with Crippen LogP contribution in [0.15, 0.2) is 96.1 Å². The second-order valence-electron chi connectivity index (χ2n) is 7.18. The van der Waals surface area contributed by atoms with Crippen LogP contribution in [0, 0.1) is 0 Å². The molecule has 1 atom stereocenters. The van der Waals surface area contributed by atoms with Crippen molar-refractivity contribution < 1.29 is 4.57 Å². The van der Waals surface area contributed by atoms with Crippen LogP contribution in [0.1, 0.15) is 6.92 Å². The van der Waals surface area contributed by atoms with Crippen molar-refractivity contribution in [2.45, 2.75) is 12.6 Å². The molecule has 1 unspecified atom stereocenters. The third kappa shape index (κ3) is 4.86. The van der Waals surface area contributed by atoms with E-state index in [1.807, 2.05) is 112 Å². The molecule has 0 aromatic heterocycles. The number of para-hydroxylation sites is 1. The Morgan fingerprint density at radius 1 is 0.867 bits per heavy atom. The third-order valence-electron chi connectivity index (χ3n) is 4.69. The zero-order valence-electron chi connectivity index (χ0n) is 17.4. The van der Waals surface area contributed by atoms with E-state index in [0.717, 1.165) is 16.3 Å². The van der Waals surface area contributed by atoms with Crippen LogP contribution in [0.3, 0.4) is 0 Å². The minimum Gasteiger partial charge on any atom is -0.349 e. The maximum atomic E-state index is 14.9. The van der Waals surface area contributed by atoms with Crippen molar-refractivity contribution in [2.75, 3.05) is 19.4 Å². The van der Waals surface area contributed by atoms with Gasteiger partial charge in [0, 0.05) is 30.4 Å². The Bertz CT molecular complexity index is 1010. The highest BCUT2D eigenvalue weighted by molar-refractivity contribution is 7.86. The predicted molar refractivity (Wildman–Crippen MR) is 133 cm³/mol. The Labute approximate surface area is 184 Å². The summed E-state index contributed by atoms with van der Waals surface area (Å²) in [5.41, 5.74) is 0.974. The first-order valence-electron chi connectivity index (χ1n) is 9.72. The van der Waals surface area contributed by atoms with E-state index >= 15 is 0 Å². The maximum absolute atomic E-state index is 14.9. The first-order valence-corrected chi connectivity index (χ1v) is 11.9. The summed E-state index contributed by atoms with van der Waals surface area (Å²) in [6, 6.07) is 28.9. The number of benzene rings is 3. The highest BCUT2D eigenvalue weighted by Gasteiger charge is 2.41. The molecule has 0 saturated carbocycles. The zero-order valence-corrected chi connectivity index (χ0v) is 19.1. The van der Waals surface area contributed by atoms with E-state index < -0.39 is 12.8 Å². The van der Waals surface area contributed by atoms with Crippen molar-refractivity contribution in [1.29, 1.82) is 0 Å². The van der Waals surface area contributed by atoms with Crippen molar-refractivity contribution in [1.82, 2.24) is 5.01 Å². The van der Waals surface area contributed by atoms with E-state index in [9.17, 15) is 4.57 Å². The minimum atomic E-state index is -3.20. The summed E-state index contributed by atoms with van der Waals surface area (Å²) in [7, 11) is 0.502. The molecule has 3 rings (SSSR count). The lowest BCUT2D eigenvalue weighted by Crippen LogP contribution is -2.39. The number of anilines is 1. The van der Waals surface area contributed by atoms with Gasteiger partial charge in [0.1, 0.15) is 5.66 Å². The molecule has 0 spiro atoms. The van der Waals surface area contributed by atoms with Crippen LogP contribution in [0.4, 0.5) is 5.69 Å². The molecule has 0 saturated heterocycles. The second kappa shape index (κ2) is 9.84. The normalized spacial score (nSPS) is 12.8. The minimum absolute atomic E-state index is 0.486. The molecule has 6 heteroatoms. The van der Waals surface area contributed by atoms with Crippen molar-refractivity contribution in [2.24, 2.45) is 5.10 Å². The number of rotatable bonds is 7. The van der Waals surface area contributed by atoms with Crippen LogP contribution in [-0.2, 0) is 4.57 Å². The second-order valence-corrected chi connectivity index (χ2v) is 10.5. The number of hydrogen-bond acceptors (Lipinski definition) is 4. The Balaban J connectivity index is 2.19. The highest BCUT2D eigenvalue weighted by atomic mass is 32.1. The van der Waals surface area contributed by atoms with Crippen LogP contribution in [0.5, 0.6) is 0 Å². The number of hydrogen-bond donors (Lipinski definition) is 1. The van der Waals surface area contributed by atoms with Gasteiger partial charge in [0.05, 0.1) is 10.7 Å². The molecule has 1 N–H and O–H groups in total. The summed E-state index contributed by atoms with van der Waals surface area (Å²) in [6.45, 7) is 1.89. The van der Waals surface area contributed by atoms with Crippen molar-refractivity contribution in [3.05, 3.63) is 91.0 Å². The quantitative estimate of drug-likeness (QED) is 0.252. The van der Waals surface area contributed by atoms with Gasteiger partial charge in [0.2, 0.25) is 0 Å². The lowest BCUT2D eigenvalue weighted by Gasteiger charge is -2.30. The first kappa shape index (κ1) is 21.9. The maximum Gasteiger partial charge on any atom is 0.158 e. The SMILES string of the molecule is C/C(=N\N(C)C)C(C(=S)Nc1ccccc1)P(=O)(c1ccccc1)c1ccccc1. The fraction of sp³-hybridized carbons (Fsp3) is 0.167. The van der Waals surface area contributed by atoms with Gasteiger partial charge in [0.15, 0.2) is 7.14 Å². The molecule has 0 fully saturated rings. The number of thiocarbonyl (C=S) groups is 1. The van der Waals surface area contributed by atoms with E-state index in [1.54, 1.807) is 5.01 Å². The molecule has 3 aromatic rings. The summed E-state index contributed by atoms with van der Waals surface area (Å²) < 4.78 is 14.9. The molecular weight excluding hydrogens is 409 g/mol. The zero-order chi connectivity index (χ0) is 21.6. The van der Waals surface area contributed by atoms with Gasteiger partial charge in [-0.2, -0.15) is 5.10 Å². The lowest BCUT2D eigenvalue weighted by molar-refractivity contribution is 0.436. The Hall–Kier alpha value is -2.75. The number of nitrogens with zero attached hydrogens (tertiary/aromatic N) is 2. The Kier molecular flexibility index (Phi) is 7.20. The molecule has 0 amide bonds. The van der Waals surface area contributed by atoms with Gasteiger partial charge in [-0.1, -0.05) is 91.1 Å². The van der Waals surface area contributed by atoms with Crippen LogP contribution >= 0.6 is 19.4 Å². The van der Waals surface area contributed by atoms with Crippen LogP contribution in [-0.4, -0.2) is 35.5 Å². The summed E-state index contributed by atoms with van der Waals surface area (Å²) in [4.78, 5) is 0.486. The highest BCUT2D eigenvalue weighted by Crippen LogP contribution is 2.50. The molecule has 30 heavy (non-hydrogen) atoms. The summed E-state index contributed by atoms with van der Waals surface area (Å²) in [5.74, 6) is 0. The van der Waals surface area contributed by atoms with Crippen molar-refractivity contribution in [3.8, 4) is 0 Å². The smallest absolute Gasteiger partial charge is 0.158 e. The van der Waals surface area contributed by atoms with Crippen LogP contribution in [0.25, 0.3) is 0 Å². The van der Waals surface area contributed by atoms with Crippen molar-refractivity contribution in [3.63, 3.8) is 0 Å². The van der Waals surface area contributed by atoms with Gasteiger partial charge in [-0.05, 0) is 19.1 Å². The van der Waals surface area contributed by atoms with E-state index in [0.29, 0.717) is 10.7 Å². The number of hydrazone groups is 1. The Morgan fingerprint density at radius 2 is 1.30 bits per heavy atom. The molecule has 0 heterocycles. The van der Waals surface area contributed by atoms with Crippen molar-refractivity contribution >= 4 is 46.4 Å². The molecular formula is C24H26N3OPS. The van der Waals surface area contributed by atoms with Crippen LogP contribution in [0.2, 0.25) is 0 Å². The lowest BCUT2D eigenvalue weighted by atomic mass is 10.2. The molecule has 4 nitrogen and oxygen atoms in total. The Morgan fingerprint density at radius 3 is 1.73 bits per heavy atom. The van der Waals surface area contributed by atoms with Gasteiger partial charge >= 0.3 is 0 Å². The monoisotopic (exact) mass is 435 g/mol. The van der Waals surface area contributed by atoms with Gasteiger partial charge in [0.25, 0.3) is 0 Å².